The van der Waals surface area contributed by atoms with Gasteiger partial charge in [-0.25, -0.2) is 0 Å². The van der Waals surface area contributed by atoms with E-state index in [9.17, 15) is 0 Å². The van der Waals surface area contributed by atoms with Gasteiger partial charge >= 0.3 is 0 Å². The van der Waals surface area contributed by atoms with Crippen LogP contribution >= 0.6 is 11.3 Å². The van der Waals surface area contributed by atoms with Gasteiger partial charge in [0.1, 0.15) is 0 Å². The highest BCUT2D eigenvalue weighted by Gasteiger charge is 2.23. The van der Waals surface area contributed by atoms with Crippen LogP contribution in [0.4, 0.5) is 0 Å². The lowest BCUT2D eigenvalue weighted by atomic mass is 10.0. The van der Waals surface area contributed by atoms with E-state index in [1.54, 1.807) is 0 Å². The van der Waals surface area contributed by atoms with Gasteiger partial charge in [-0.05, 0) is 37.1 Å². The topological polar surface area (TPSA) is 15.3 Å². The Hall–Kier alpha value is -0.380. The van der Waals surface area contributed by atoms with E-state index < -0.39 is 0 Å². The van der Waals surface area contributed by atoms with Gasteiger partial charge in [-0.1, -0.05) is 19.9 Å². The summed E-state index contributed by atoms with van der Waals surface area (Å²) in [7, 11) is 0. The molecule has 1 aliphatic rings. The van der Waals surface area contributed by atoms with Crippen molar-refractivity contribution in [1.29, 1.82) is 0 Å². The number of nitrogens with zero attached hydrogens (tertiary/aromatic N) is 1. The predicted molar refractivity (Wildman–Crippen MR) is 80.3 cm³/mol. The molecule has 0 aliphatic carbocycles. The molecule has 1 aliphatic heterocycles. The molecule has 2 rings (SSSR count). The quantitative estimate of drug-likeness (QED) is 0.881. The van der Waals surface area contributed by atoms with Crippen molar-refractivity contribution in [3.63, 3.8) is 0 Å². The van der Waals surface area contributed by atoms with Crippen LogP contribution in [0.2, 0.25) is 0 Å². The van der Waals surface area contributed by atoms with Gasteiger partial charge in [0, 0.05) is 36.6 Å². The first-order valence-electron chi connectivity index (χ1n) is 7.15. The number of piperazine rings is 1. The third kappa shape index (κ3) is 4.08. The molecule has 18 heavy (non-hydrogen) atoms. The number of nitrogens with one attached hydrogen (secondary N) is 1. The molecule has 2 nitrogen and oxygen atoms in total. The number of hydrogen-bond acceptors (Lipinski definition) is 3. The SMILES string of the molecule is CC(C)CC1CN(C(C)Cc2cccs2)CCN1. The van der Waals surface area contributed by atoms with Crippen molar-refractivity contribution < 1.29 is 0 Å². The van der Waals surface area contributed by atoms with Crippen molar-refractivity contribution >= 4 is 11.3 Å². The Morgan fingerprint density at radius 2 is 2.28 bits per heavy atom. The number of hydrogen-bond donors (Lipinski definition) is 1. The lowest BCUT2D eigenvalue weighted by molar-refractivity contribution is 0.143. The van der Waals surface area contributed by atoms with E-state index in [1.807, 2.05) is 11.3 Å². The minimum atomic E-state index is 0.667. The van der Waals surface area contributed by atoms with Gasteiger partial charge in [0.2, 0.25) is 0 Å². The summed E-state index contributed by atoms with van der Waals surface area (Å²) >= 11 is 1.88. The molecule has 0 amide bonds. The Morgan fingerprint density at radius 3 is 2.94 bits per heavy atom. The molecule has 0 aromatic carbocycles. The molecule has 0 radical (unpaired) electrons. The highest BCUT2D eigenvalue weighted by atomic mass is 32.1. The Kier molecular flexibility index (Phi) is 5.22. The van der Waals surface area contributed by atoms with Crippen LogP contribution in [0.15, 0.2) is 17.5 Å². The van der Waals surface area contributed by atoms with Crippen LogP contribution in [0.25, 0.3) is 0 Å². The van der Waals surface area contributed by atoms with E-state index >= 15 is 0 Å². The maximum absolute atomic E-state index is 3.66. The fourth-order valence-corrected chi connectivity index (χ4v) is 3.65. The normalized spacial score (nSPS) is 23.4. The van der Waals surface area contributed by atoms with Crippen molar-refractivity contribution in [3.05, 3.63) is 22.4 Å². The second-order valence-electron chi connectivity index (χ2n) is 5.91. The smallest absolute Gasteiger partial charge is 0.0198 e. The van der Waals surface area contributed by atoms with Crippen LogP contribution in [0.1, 0.15) is 32.1 Å². The van der Waals surface area contributed by atoms with E-state index in [1.165, 1.54) is 30.8 Å². The third-order valence-electron chi connectivity index (χ3n) is 3.74. The van der Waals surface area contributed by atoms with Crippen molar-refractivity contribution in [1.82, 2.24) is 10.2 Å². The van der Waals surface area contributed by atoms with E-state index in [2.05, 4.69) is 48.5 Å². The van der Waals surface area contributed by atoms with E-state index in [0.717, 1.165) is 12.5 Å². The summed E-state index contributed by atoms with van der Waals surface area (Å²) in [5.41, 5.74) is 0. The predicted octanol–water partition coefficient (Wildman–Crippen LogP) is 3.00. The first kappa shape index (κ1) is 14.0. The first-order valence-corrected chi connectivity index (χ1v) is 8.03. The molecule has 1 aromatic heterocycles. The highest BCUT2D eigenvalue weighted by Crippen LogP contribution is 2.17. The second kappa shape index (κ2) is 6.69. The summed E-state index contributed by atoms with van der Waals surface area (Å²) in [4.78, 5) is 4.17. The minimum absolute atomic E-state index is 0.667. The molecule has 1 aromatic rings. The van der Waals surface area contributed by atoms with Crippen molar-refractivity contribution in [2.24, 2.45) is 5.92 Å². The molecule has 2 heterocycles. The van der Waals surface area contributed by atoms with Gasteiger partial charge in [-0.2, -0.15) is 0 Å². The van der Waals surface area contributed by atoms with Crippen LogP contribution in [0.3, 0.4) is 0 Å². The van der Waals surface area contributed by atoms with Gasteiger partial charge in [-0.3, -0.25) is 4.90 Å². The van der Waals surface area contributed by atoms with Crippen LogP contribution in [0, 0.1) is 5.92 Å². The van der Waals surface area contributed by atoms with Gasteiger partial charge in [-0.15, -0.1) is 11.3 Å². The molecule has 0 saturated carbocycles. The highest BCUT2D eigenvalue weighted by molar-refractivity contribution is 7.09. The standard InChI is InChI=1S/C15H26N2S/c1-12(2)9-14-11-17(7-6-16-14)13(3)10-15-5-4-8-18-15/h4-5,8,12-14,16H,6-7,9-11H2,1-3H3. The summed E-state index contributed by atoms with van der Waals surface area (Å²) in [6.45, 7) is 10.6. The van der Waals surface area contributed by atoms with Crippen LogP contribution < -0.4 is 5.32 Å². The van der Waals surface area contributed by atoms with Gasteiger partial charge < -0.3 is 5.32 Å². The molecular weight excluding hydrogens is 240 g/mol. The molecule has 0 spiro atoms. The van der Waals surface area contributed by atoms with Crippen LogP contribution in [0.5, 0.6) is 0 Å². The number of rotatable bonds is 5. The summed E-state index contributed by atoms with van der Waals surface area (Å²) in [5.74, 6) is 0.787. The summed E-state index contributed by atoms with van der Waals surface area (Å²) < 4.78 is 0. The second-order valence-corrected chi connectivity index (χ2v) is 6.94. The van der Waals surface area contributed by atoms with Gasteiger partial charge in [0.15, 0.2) is 0 Å². The monoisotopic (exact) mass is 266 g/mol. The summed E-state index contributed by atoms with van der Waals surface area (Å²) in [6.07, 6.45) is 2.49. The van der Waals surface area contributed by atoms with Crippen molar-refractivity contribution in [2.75, 3.05) is 19.6 Å². The number of thiophene rings is 1. The Labute approximate surface area is 115 Å². The largest absolute Gasteiger partial charge is 0.311 e. The maximum Gasteiger partial charge on any atom is 0.0198 e. The fraction of sp³-hybridized carbons (Fsp3) is 0.733. The molecular formula is C15H26N2S. The Morgan fingerprint density at radius 1 is 1.44 bits per heavy atom. The Balaban J connectivity index is 1.84. The zero-order chi connectivity index (χ0) is 13.0. The molecule has 1 N–H and O–H groups in total. The molecule has 1 fully saturated rings. The van der Waals surface area contributed by atoms with E-state index in [0.29, 0.717) is 12.1 Å². The minimum Gasteiger partial charge on any atom is -0.311 e. The zero-order valence-electron chi connectivity index (χ0n) is 11.9. The van der Waals surface area contributed by atoms with Crippen molar-refractivity contribution in [2.45, 2.75) is 45.7 Å². The molecule has 3 heteroatoms. The summed E-state index contributed by atoms with van der Waals surface area (Å²) in [6, 6.07) is 5.77. The third-order valence-corrected chi connectivity index (χ3v) is 4.64. The first-order chi connectivity index (χ1) is 8.65. The average Bonchev–Trinajstić information content (AvgIpc) is 2.81. The van der Waals surface area contributed by atoms with E-state index in [-0.39, 0.29) is 0 Å². The van der Waals surface area contributed by atoms with Crippen LogP contribution in [-0.4, -0.2) is 36.6 Å². The molecule has 102 valence electrons. The van der Waals surface area contributed by atoms with Crippen molar-refractivity contribution in [3.8, 4) is 0 Å². The average molecular weight is 266 g/mol. The lowest BCUT2D eigenvalue weighted by Crippen LogP contribution is -2.54. The molecule has 0 bridgehead atoms. The molecule has 2 atom stereocenters. The van der Waals surface area contributed by atoms with E-state index in [4.69, 9.17) is 0 Å². The Bertz CT molecular complexity index is 334. The fourth-order valence-electron chi connectivity index (χ4n) is 2.83. The maximum atomic E-state index is 3.66. The summed E-state index contributed by atoms with van der Waals surface area (Å²) in [5, 5.41) is 5.84. The molecule has 1 saturated heterocycles. The van der Waals surface area contributed by atoms with Gasteiger partial charge in [0.05, 0.1) is 0 Å². The van der Waals surface area contributed by atoms with Crippen LogP contribution in [-0.2, 0) is 6.42 Å². The molecule has 2 unspecified atom stereocenters. The zero-order valence-corrected chi connectivity index (χ0v) is 12.7. The lowest BCUT2D eigenvalue weighted by Gasteiger charge is -2.38. The van der Waals surface area contributed by atoms with Gasteiger partial charge in [0.25, 0.3) is 0 Å².